The summed E-state index contributed by atoms with van der Waals surface area (Å²) in [7, 11) is 0. The predicted octanol–water partition coefficient (Wildman–Crippen LogP) is 3.67. The number of hydrogen-bond acceptors (Lipinski definition) is 6. The minimum Gasteiger partial charge on any atom is -0.468 e. The molecule has 0 fully saturated rings. The fourth-order valence-corrected chi connectivity index (χ4v) is 2.81. The number of hydrogen-bond donors (Lipinski definition) is 1. The third kappa shape index (κ3) is 3.48. The lowest BCUT2D eigenvalue weighted by Gasteiger charge is -2.01. The summed E-state index contributed by atoms with van der Waals surface area (Å²) in [5.41, 5.74) is 0.733. The van der Waals surface area contributed by atoms with Gasteiger partial charge in [-0.05, 0) is 25.1 Å². The van der Waals surface area contributed by atoms with Crippen molar-refractivity contribution in [3.63, 3.8) is 0 Å². The van der Waals surface area contributed by atoms with E-state index in [-0.39, 0.29) is 5.82 Å². The number of carbonyl (C=O) groups excluding carboxylic acids is 1. The number of halogens is 1. The van der Waals surface area contributed by atoms with Gasteiger partial charge in [-0.25, -0.2) is 14.2 Å². The van der Waals surface area contributed by atoms with Crippen LogP contribution in [0.25, 0.3) is 11.4 Å². The highest BCUT2D eigenvalue weighted by Gasteiger charge is 2.17. The normalized spacial score (nSPS) is 10.8. The van der Waals surface area contributed by atoms with Gasteiger partial charge in [0.1, 0.15) is 17.1 Å². The Kier molecular flexibility index (Phi) is 4.95. The molecular formula is C16H14FN3O3S. The predicted molar refractivity (Wildman–Crippen MR) is 86.0 cm³/mol. The fraction of sp³-hybridized carbons (Fsp3) is 0.188. The highest BCUT2D eigenvalue weighted by Crippen LogP contribution is 2.25. The minimum atomic E-state index is -0.427. The maximum Gasteiger partial charge on any atom is 0.341 e. The smallest absolute Gasteiger partial charge is 0.341 e. The molecule has 3 rings (SSSR count). The Balaban J connectivity index is 1.70. The van der Waals surface area contributed by atoms with Crippen LogP contribution in [0.3, 0.4) is 0 Å². The summed E-state index contributed by atoms with van der Waals surface area (Å²) in [6.45, 7) is 2.04. The number of rotatable bonds is 6. The van der Waals surface area contributed by atoms with Gasteiger partial charge in [0.2, 0.25) is 5.16 Å². The topological polar surface area (TPSA) is 81.0 Å². The first-order valence-electron chi connectivity index (χ1n) is 7.22. The van der Waals surface area contributed by atoms with Crippen molar-refractivity contribution in [2.45, 2.75) is 17.8 Å². The molecule has 2 heterocycles. The molecule has 1 N–H and O–H groups in total. The van der Waals surface area contributed by atoms with Crippen LogP contribution >= 0.6 is 11.8 Å². The van der Waals surface area contributed by atoms with Gasteiger partial charge in [0.25, 0.3) is 0 Å². The Hall–Kier alpha value is -2.61. The zero-order chi connectivity index (χ0) is 16.9. The zero-order valence-corrected chi connectivity index (χ0v) is 13.6. The molecule has 0 saturated heterocycles. The summed E-state index contributed by atoms with van der Waals surface area (Å²) in [6.07, 6.45) is 1.44. The summed E-state index contributed by atoms with van der Waals surface area (Å²) < 4.78 is 24.0. The minimum absolute atomic E-state index is 0.295. The number of aromatic amines is 1. The molecule has 0 spiro atoms. The number of nitrogens with zero attached hydrogens (tertiary/aromatic N) is 2. The molecule has 8 heteroatoms. The monoisotopic (exact) mass is 347 g/mol. The molecule has 24 heavy (non-hydrogen) atoms. The van der Waals surface area contributed by atoms with Crippen LogP contribution in [0.1, 0.15) is 23.0 Å². The van der Waals surface area contributed by atoms with Crippen molar-refractivity contribution < 1.29 is 18.3 Å². The maximum atomic E-state index is 13.7. The van der Waals surface area contributed by atoms with Crippen molar-refractivity contribution in [1.29, 1.82) is 0 Å². The first kappa shape index (κ1) is 16.3. The number of aromatic nitrogens is 3. The van der Waals surface area contributed by atoms with E-state index in [0.29, 0.717) is 40.2 Å². The van der Waals surface area contributed by atoms with Crippen molar-refractivity contribution in [1.82, 2.24) is 15.2 Å². The van der Waals surface area contributed by atoms with E-state index in [4.69, 9.17) is 9.15 Å². The molecule has 0 bridgehead atoms. The number of benzene rings is 1. The second-order valence-corrected chi connectivity index (χ2v) is 5.66. The molecule has 3 aromatic rings. The lowest BCUT2D eigenvalue weighted by Crippen LogP contribution is -2.05. The SMILES string of the molecule is CCOC(=O)c1ccoc1CSc1n[nH]c(-c2ccccc2F)n1. The molecule has 124 valence electrons. The molecule has 0 aliphatic carbocycles. The highest BCUT2D eigenvalue weighted by molar-refractivity contribution is 7.98. The number of ether oxygens (including phenoxy) is 1. The standard InChI is InChI=1S/C16H14FN3O3S/c1-2-22-15(21)11-7-8-23-13(11)9-24-16-18-14(19-20-16)10-5-3-4-6-12(10)17/h3-8H,2,9H2,1H3,(H,18,19,20). The van der Waals surface area contributed by atoms with Crippen LogP contribution < -0.4 is 0 Å². The Bertz CT molecular complexity index is 846. The molecule has 1 aromatic carbocycles. The first-order chi connectivity index (χ1) is 11.7. The largest absolute Gasteiger partial charge is 0.468 e. The molecule has 0 aliphatic rings. The van der Waals surface area contributed by atoms with E-state index in [0.717, 1.165) is 0 Å². The maximum absolute atomic E-state index is 13.7. The Morgan fingerprint density at radius 1 is 1.38 bits per heavy atom. The van der Waals surface area contributed by atoms with Crippen molar-refractivity contribution in [2.75, 3.05) is 6.61 Å². The van der Waals surface area contributed by atoms with Crippen LogP contribution in [-0.4, -0.2) is 27.8 Å². The quantitative estimate of drug-likeness (QED) is 0.541. The van der Waals surface area contributed by atoms with Crippen molar-refractivity contribution in [3.8, 4) is 11.4 Å². The van der Waals surface area contributed by atoms with E-state index < -0.39 is 5.97 Å². The molecule has 2 aromatic heterocycles. The third-order valence-electron chi connectivity index (χ3n) is 3.17. The number of carbonyl (C=O) groups is 1. The van der Waals surface area contributed by atoms with Crippen LogP contribution in [0.4, 0.5) is 4.39 Å². The van der Waals surface area contributed by atoms with Crippen LogP contribution in [0.5, 0.6) is 0 Å². The Labute approximate surface area is 141 Å². The van der Waals surface area contributed by atoms with Gasteiger partial charge < -0.3 is 9.15 Å². The molecule has 6 nitrogen and oxygen atoms in total. The summed E-state index contributed by atoms with van der Waals surface area (Å²) >= 11 is 1.27. The molecular weight excluding hydrogens is 333 g/mol. The average Bonchev–Trinajstić information content (AvgIpc) is 3.23. The molecule has 0 saturated carbocycles. The number of esters is 1. The lowest BCUT2D eigenvalue weighted by atomic mass is 10.2. The van der Waals surface area contributed by atoms with Gasteiger partial charge in [-0.2, -0.15) is 0 Å². The van der Waals surface area contributed by atoms with Crippen molar-refractivity contribution >= 4 is 17.7 Å². The molecule has 0 aliphatic heterocycles. The molecule has 0 atom stereocenters. The van der Waals surface area contributed by atoms with E-state index in [1.807, 2.05) is 0 Å². The summed E-state index contributed by atoms with van der Waals surface area (Å²) in [5, 5.41) is 7.18. The molecule has 0 amide bonds. The van der Waals surface area contributed by atoms with E-state index in [1.54, 1.807) is 31.2 Å². The highest BCUT2D eigenvalue weighted by atomic mass is 32.2. The van der Waals surface area contributed by atoms with Crippen LogP contribution in [0, 0.1) is 5.82 Å². The Morgan fingerprint density at radius 3 is 3.00 bits per heavy atom. The van der Waals surface area contributed by atoms with Gasteiger partial charge in [-0.15, -0.1) is 5.10 Å². The second-order valence-electron chi connectivity index (χ2n) is 4.71. The van der Waals surface area contributed by atoms with Gasteiger partial charge in [0.15, 0.2) is 5.82 Å². The average molecular weight is 347 g/mol. The first-order valence-corrected chi connectivity index (χ1v) is 8.21. The second kappa shape index (κ2) is 7.31. The summed E-state index contributed by atoms with van der Waals surface area (Å²) in [4.78, 5) is 16.0. The van der Waals surface area contributed by atoms with Gasteiger partial charge in [-0.1, -0.05) is 23.9 Å². The number of thioether (sulfide) groups is 1. The van der Waals surface area contributed by atoms with E-state index in [2.05, 4.69) is 15.2 Å². The van der Waals surface area contributed by atoms with Gasteiger partial charge >= 0.3 is 5.97 Å². The van der Waals surface area contributed by atoms with Gasteiger partial charge in [-0.3, -0.25) is 5.10 Å². The van der Waals surface area contributed by atoms with Crippen molar-refractivity contribution in [2.24, 2.45) is 0 Å². The van der Waals surface area contributed by atoms with Gasteiger partial charge in [0, 0.05) is 0 Å². The van der Waals surface area contributed by atoms with E-state index in [1.165, 1.54) is 24.1 Å². The zero-order valence-electron chi connectivity index (χ0n) is 12.8. The third-order valence-corrected chi connectivity index (χ3v) is 4.01. The lowest BCUT2D eigenvalue weighted by molar-refractivity contribution is 0.0524. The molecule has 0 unspecified atom stereocenters. The summed E-state index contributed by atoms with van der Waals surface area (Å²) in [5.74, 6) is 0.386. The number of nitrogens with one attached hydrogen (secondary N) is 1. The van der Waals surface area contributed by atoms with E-state index >= 15 is 0 Å². The van der Waals surface area contributed by atoms with Crippen molar-refractivity contribution in [3.05, 3.63) is 53.7 Å². The van der Waals surface area contributed by atoms with Crippen LogP contribution in [0.15, 0.2) is 46.2 Å². The van der Waals surface area contributed by atoms with Crippen LogP contribution in [-0.2, 0) is 10.5 Å². The van der Waals surface area contributed by atoms with E-state index in [9.17, 15) is 9.18 Å². The fourth-order valence-electron chi connectivity index (χ4n) is 2.06. The number of furan rings is 1. The van der Waals surface area contributed by atoms with Gasteiger partial charge in [0.05, 0.1) is 24.2 Å². The molecule has 0 radical (unpaired) electrons. The van der Waals surface area contributed by atoms with Crippen LogP contribution in [0.2, 0.25) is 0 Å². The Morgan fingerprint density at radius 2 is 2.21 bits per heavy atom. The number of H-pyrrole nitrogens is 1. The summed E-state index contributed by atoms with van der Waals surface area (Å²) in [6, 6.07) is 7.88.